The van der Waals surface area contributed by atoms with Crippen molar-refractivity contribution in [3.63, 3.8) is 0 Å². The molecule has 0 amide bonds. The number of hydrogen-bond acceptors (Lipinski definition) is 6. The van der Waals surface area contributed by atoms with Crippen LogP contribution in [0.3, 0.4) is 0 Å². The number of phosphoric ester groups is 1. The highest BCUT2D eigenvalue weighted by atomic mass is 31.2. The third-order valence-electron chi connectivity index (χ3n) is 5.91. The summed E-state index contributed by atoms with van der Waals surface area (Å²) in [7, 11) is 1.75. The molecule has 0 saturated carbocycles. The molecule has 3 unspecified atom stereocenters. The van der Waals surface area contributed by atoms with E-state index in [0.29, 0.717) is 11.0 Å². The van der Waals surface area contributed by atoms with E-state index in [0.717, 1.165) is 32.1 Å². The van der Waals surface area contributed by atoms with E-state index in [2.05, 4.69) is 18.7 Å². The first-order valence-corrected chi connectivity index (χ1v) is 14.4. The van der Waals surface area contributed by atoms with Gasteiger partial charge in [0.15, 0.2) is 0 Å². The Morgan fingerprint density at radius 2 is 1.33 bits per heavy atom. The van der Waals surface area contributed by atoms with E-state index in [1.54, 1.807) is 0 Å². The average molecular weight is 499 g/mol. The smallest absolute Gasteiger partial charge is 0.393 e. The summed E-state index contributed by atoms with van der Waals surface area (Å²) in [6, 6.07) is 0. The van der Waals surface area contributed by atoms with Crippen LogP contribution in [0.5, 0.6) is 0 Å². The van der Waals surface area contributed by atoms with Crippen molar-refractivity contribution < 1.29 is 38.2 Å². The number of phosphoric acid groups is 1. The summed E-state index contributed by atoms with van der Waals surface area (Å²) in [6.07, 6.45) is 13.6. The summed E-state index contributed by atoms with van der Waals surface area (Å²) in [5, 5.41) is 17.8. The fourth-order valence-electron chi connectivity index (χ4n) is 4.02. The summed E-state index contributed by atoms with van der Waals surface area (Å²) >= 11 is 0. The number of hydrogen-bond donors (Lipinski definition) is 3. The largest absolute Gasteiger partial charge is 0.472 e. The maximum atomic E-state index is 12.7. The standard InChI is InChI=1S/C24H52NO7P/c1-6-8-10-12-13-14-16-18-22(17-15-11-9-7-2)24(19-25(3,4)5)32-33(28,29)30-21-23(20-26)31-27/h22-24,26H,6-21H2,1-5H3,(H-,27,28,29)/p+1/t22?,23-,24?/m1/s1. The van der Waals surface area contributed by atoms with E-state index in [4.69, 9.17) is 19.4 Å². The Bertz CT molecular complexity index is 498. The summed E-state index contributed by atoms with van der Waals surface area (Å²) in [6.45, 7) is 4.03. The van der Waals surface area contributed by atoms with E-state index in [9.17, 15) is 9.46 Å². The second-order valence-corrected chi connectivity index (χ2v) is 11.7. The van der Waals surface area contributed by atoms with Crippen LogP contribution in [0.4, 0.5) is 0 Å². The highest BCUT2D eigenvalue weighted by Crippen LogP contribution is 2.47. The van der Waals surface area contributed by atoms with Gasteiger partial charge in [0, 0.05) is 0 Å². The van der Waals surface area contributed by atoms with Crippen LogP contribution in [-0.4, -0.2) is 72.8 Å². The van der Waals surface area contributed by atoms with Gasteiger partial charge < -0.3 is 14.5 Å². The Balaban J connectivity index is 5.15. The quantitative estimate of drug-likeness (QED) is 0.0540. The second-order valence-electron chi connectivity index (χ2n) is 10.3. The molecule has 0 fully saturated rings. The van der Waals surface area contributed by atoms with Crippen molar-refractivity contribution in [2.24, 2.45) is 5.92 Å². The average Bonchev–Trinajstić information content (AvgIpc) is 2.73. The molecule has 3 N–H and O–H groups in total. The van der Waals surface area contributed by atoms with Crippen LogP contribution in [0.15, 0.2) is 0 Å². The first kappa shape index (κ1) is 33.0. The third kappa shape index (κ3) is 18.9. The molecule has 200 valence electrons. The van der Waals surface area contributed by atoms with Crippen molar-refractivity contribution in [1.82, 2.24) is 0 Å². The molecule has 4 atom stereocenters. The molecule has 0 heterocycles. The molecule has 0 saturated heterocycles. The number of rotatable bonds is 23. The molecule has 33 heavy (non-hydrogen) atoms. The summed E-state index contributed by atoms with van der Waals surface area (Å²) in [4.78, 5) is 14.4. The van der Waals surface area contributed by atoms with Gasteiger partial charge >= 0.3 is 7.82 Å². The number of quaternary nitrogens is 1. The van der Waals surface area contributed by atoms with Crippen molar-refractivity contribution in [3.05, 3.63) is 0 Å². The molecule has 0 aliphatic carbocycles. The van der Waals surface area contributed by atoms with Gasteiger partial charge in [-0.3, -0.25) is 14.3 Å². The molecular weight excluding hydrogens is 445 g/mol. The molecule has 0 aromatic carbocycles. The summed E-state index contributed by atoms with van der Waals surface area (Å²) in [5.41, 5.74) is 0. The topological polar surface area (TPSA) is 105 Å². The van der Waals surface area contributed by atoms with Crippen molar-refractivity contribution in [2.75, 3.05) is 40.9 Å². The maximum Gasteiger partial charge on any atom is 0.472 e. The molecule has 0 rings (SSSR count). The maximum absolute atomic E-state index is 12.7. The van der Waals surface area contributed by atoms with Crippen LogP contribution in [0.1, 0.15) is 97.3 Å². The fraction of sp³-hybridized carbons (Fsp3) is 1.00. The molecule has 0 bridgehead atoms. The molecule has 8 nitrogen and oxygen atoms in total. The van der Waals surface area contributed by atoms with Crippen LogP contribution in [0.25, 0.3) is 0 Å². The van der Waals surface area contributed by atoms with Gasteiger partial charge in [-0.15, -0.1) is 0 Å². The molecule has 0 aliphatic heterocycles. The second kappa shape index (κ2) is 19.2. The van der Waals surface area contributed by atoms with E-state index < -0.39 is 33.2 Å². The first-order chi connectivity index (χ1) is 15.6. The Hall–Kier alpha value is -0.0500. The molecule has 0 radical (unpaired) electrons. The van der Waals surface area contributed by atoms with E-state index >= 15 is 0 Å². The Kier molecular flexibility index (Phi) is 19.1. The number of aliphatic hydroxyl groups is 1. The summed E-state index contributed by atoms with van der Waals surface area (Å²) in [5.74, 6) is 0.168. The lowest BCUT2D eigenvalue weighted by atomic mass is 9.89. The van der Waals surface area contributed by atoms with Gasteiger partial charge in [-0.05, 0) is 18.8 Å². The SMILES string of the molecule is CCCCCCCCCC(CCCCCC)C(C[N+](C)(C)C)OP(=O)(O)OC[C@@H](CO)OO. The van der Waals surface area contributed by atoms with Crippen LogP contribution in [-0.2, 0) is 18.5 Å². The van der Waals surface area contributed by atoms with Crippen LogP contribution in [0, 0.1) is 5.92 Å². The van der Waals surface area contributed by atoms with Crippen LogP contribution < -0.4 is 0 Å². The predicted molar refractivity (Wildman–Crippen MR) is 133 cm³/mol. The van der Waals surface area contributed by atoms with Gasteiger partial charge in [-0.1, -0.05) is 84.5 Å². The molecular formula is C24H53NO7P+. The van der Waals surface area contributed by atoms with Crippen molar-refractivity contribution in [3.8, 4) is 0 Å². The lowest BCUT2D eigenvalue weighted by Gasteiger charge is -2.34. The van der Waals surface area contributed by atoms with Crippen molar-refractivity contribution in [2.45, 2.75) is 110 Å². The van der Waals surface area contributed by atoms with E-state index in [1.807, 2.05) is 21.1 Å². The molecule has 9 heteroatoms. The Labute approximate surface area is 202 Å². The molecule has 0 aromatic heterocycles. The van der Waals surface area contributed by atoms with Crippen molar-refractivity contribution in [1.29, 1.82) is 0 Å². The zero-order valence-electron chi connectivity index (χ0n) is 21.9. The third-order valence-corrected chi connectivity index (χ3v) is 6.92. The van der Waals surface area contributed by atoms with Gasteiger partial charge in [0.05, 0.1) is 34.4 Å². The van der Waals surface area contributed by atoms with Gasteiger partial charge in [0.1, 0.15) is 18.8 Å². The van der Waals surface area contributed by atoms with Gasteiger partial charge in [-0.2, -0.15) is 0 Å². The minimum Gasteiger partial charge on any atom is -0.393 e. The number of nitrogens with zero attached hydrogens (tertiary/aromatic N) is 1. The normalized spacial score (nSPS) is 17.0. The minimum absolute atomic E-state index is 0.168. The predicted octanol–water partition coefficient (Wildman–Crippen LogP) is 5.77. The van der Waals surface area contributed by atoms with E-state index in [-0.39, 0.29) is 5.92 Å². The fourth-order valence-corrected chi connectivity index (χ4v) is 5.01. The molecule has 0 spiro atoms. The molecule has 0 aromatic rings. The highest BCUT2D eigenvalue weighted by Gasteiger charge is 2.35. The van der Waals surface area contributed by atoms with Gasteiger partial charge in [0.25, 0.3) is 0 Å². The monoisotopic (exact) mass is 498 g/mol. The number of unbranched alkanes of at least 4 members (excludes halogenated alkanes) is 9. The first-order valence-electron chi connectivity index (χ1n) is 13.0. The highest BCUT2D eigenvalue weighted by molar-refractivity contribution is 7.47. The van der Waals surface area contributed by atoms with Gasteiger partial charge in [-0.25, -0.2) is 9.45 Å². The van der Waals surface area contributed by atoms with Crippen LogP contribution >= 0.6 is 7.82 Å². The zero-order chi connectivity index (χ0) is 25.2. The Morgan fingerprint density at radius 3 is 1.79 bits per heavy atom. The van der Waals surface area contributed by atoms with Gasteiger partial charge in [0.2, 0.25) is 0 Å². The van der Waals surface area contributed by atoms with E-state index in [1.165, 1.54) is 51.4 Å². The number of likely N-dealkylation sites (N-methyl/N-ethyl adjacent to an activating group) is 1. The lowest BCUT2D eigenvalue weighted by Crippen LogP contribution is -2.45. The van der Waals surface area contributed by atoms with Crippen molar-refractivity contribution >= 4 is 7.82 Å². The number of aliphatic hydroxyl groups excluding tert-OH is 1. The lowest BCUT2D eigenvalue weighted by molar-refractivity contribution is -0.873. The Morgan fingerprint density at radius 1 is 0.848 bits per heavy atom. The zero-order valence-corrected chi connectivity index (χ0v) is 22.8. The summed E-state index contributed by atoms with van der Waals surface area (Å²) < 4.78 is 24.1. The molecule has 0 aliphatic rings. The minimum atomic E-state index is -4.38. The van der Waals surface area contributed by atoms with Crippen LogP contribution in [0.2, 0.25) is 0 Å².